The van der Waals surface area contributed by atoms with Gasteiger partial charge in [0.05, 0.1) is 6.10 Å². The number of anilines is 1. The van der Waals surface area contributed by atoms with Crippen molar-refractivity contribution in [1.82, 2.24) is 5.32 Å². The van der Waals surface area contributed by atoms with E-state index in [9.17, 15) is 14.7 Å². The van der Waals surface area contributed by atoms with Crippen molar-refractivity contribution in [2.75, 3.05) is 11.9 Å². The first-order chi connectivity index (χ1) is 10.6. The van der Waals surface area contributed by atoms with Crippen LogP contribution in [0.15, 0.2) is 24.3 Å². The number of nitrogens with one attached hydrogen (secondary N) is 2. The topological polar surface area (TPSA) is 78.4 Å². The Morgan fingerprint density at radius 2 is 1.74 bits per heavy atom. The average Bonchev–Trinajstić information content (AvgIpc) is 2.46. The lowest BCUT2D eigenvalue weighted by molar-refractivity contribution is -0.136. The van der Waals surface area contributed by atoms with Crippen LogP contribution in [0.5, 0.6) is 0 Å². The Bertz CT molecular complexity index is 547. The fourth-order valence-electron chi connectivity index (χ4n) is 2.17. The summed E-state index contributed by atoms with van der Waals surface area (Å²) in [4.78, 5) is 23.9. The third-order valence-electron chi connectivity index (χ3n) is 3.68. The van der Waals surface area contributed by atoms with Crippen molar-refractivity contribution < 1.29 is 14.7 Å². The minimum absolute atomic E-state index is 0.124. The number of amides is 2. The predicted molar refractivity (Wildman–Crippen MR) is 92.2 cm³/mol. The third kappa shape index (κ3) is 6.02. The molecule has 0 aromatic heterocycles. The zero-order valence-electron chi connectivity index (χ0n) is 14.6. The fraction of sp³-hybridized carbons (Fsp3) is 0.556. The monoisotopic (exact) mass is 320 g/mol. The summed E-state index contributed by atoms with van der Waals surface area (Å²) >= 11 is 0. The second kappa shape index (κ2) is 8.11. The van der Waals surface area contributed by atoms with Crippen LogP contribution >= 0.6 is 0 Å². The zero-order chi connectivity index (χ0) is 17.6. The largest absolute Gasteiger partial charge is 0.393 e. The highest BCUT2D eigenvalue weighted by Crippen LogP contribution is 2.29. The van der Waals surface area contributed by atoms with E-state index >= 15 is 0 Å². The highest BCUT2D eigenvalue weighted by molar-refractivity contribution is 6.39. The summed E-state index contributed by atoms with van der Waals surface area (Å²) in [6, 6.07) is 7.45. The molecule has 0 saturated heterocycles. The summed E-state index contributed by atoms with van der Waals surface area (Å²) in [5.74, 6) is -1.26. The van der Waals surface area contributed by atoms with Gasteiger partial charge in [0.1, 0.15) is 0 Å². The summed E-state index contributed by atoms with van der Waals surface area (Å²) in [6.45, 7) is 10.2. The van der Waals surface area contributed by atoms with E-state index in [1.54, 1.807) is 6.07 Å². The van der Waals surface area contributed by atoms with Gasteiger partial charge < -0.3 is 15.7 Å². The number of carbonyl (C=O) groups excluding carboxylic acids is 2. The van der Waals surface area contributed by atoms with Crippen molar-refractivity contribution in [2.24, 2.45) is 5.92 Å². The van der Waals surface area contributed by atoms with E-state index in [1.165, 1.54) is 0 Å². The molecule has 1 aromatic rings. The molecule has 0 radical (unpaired) electrons. The second-order valence-electron chi connectivity index (χ2n) is 7.11. The van der Waals surface area contributed by atoms with E-state index in [0.29, 0.717) is 12.1 Å². The van der Waals surface area contributed by atoms with Crippen LogP contribution in [0.3, 0.4) is 0 Å². The van der Waals surface area contributed by atoms with E-state index < -0.39 is 17.9 Å². The molecule has 5 heteroatoms. The molecule has 3 N–H and O–H groups in total. The molecule has 128 valence electrons. The molecule has 0 bridgehead atoms. The van der Waals surface area contributed by atoms with Crippen molar-refractivity contribution in [1.29, 1.82) is 0 Å². The minimum Gasteiger partial charge on any atom is -0.393 e. The first-order valence-electron chi connectivity index (χ1n) is 7.99. The van der Waals surface area contributed by atoms with E-state index in [-0.39, 0.29) is 17.9 Å². The van der Waals surface area contributed by atoms with E-state index in [1.807, 2.05) is 52.8 Å². The molecular formula is C18H28N2O3. The van der Waals surface area contributed by atoms with Gasteiger partial charge in [-0.3, -0.25) is 9.59 Å². The second-order valence-corrected chi connectivity index (χ2v) is 7.11. The van der Waals surface area contributed by atoms with Crippen LogP contribution in [0.1, 0.15) is 46.6 Å². The smallest absolute Gasteiger partial charge is 0.313 e. The highest BCUT2D eigenvalue weighted by Gasteiger charge is 2.21. The summed E-state index contributed by atoms with van der Waals surface area (Å²) in [5, 5.41) is 14.9. The number of rotatable bonds is 5. The minimum atomic E-state index is -0.694. The molecular weight excluding hydrogens is 292 g/mol. The van der Waals surface area contributed by atoms with Crippen molar-refractivity contribution in [3.8, 4) is 0 Å². The van der Waals surface area contributed by atoms with Gasteiger partial charge in [-0.25, -0.2) is 0 Å². The Balaban J connectivity index is 2.62. The number of hydrogen-bond acceptors (Lipinski definition) is 3. The molecule has 1 atom stereocenters. The molecule has 1 unspecified atom stereocenters. The van der Waals surface area contributed by atoms with Crippen molar-refractivity contribution in [3.63, 3.8) is 0 Å². The quantitative estimate of drug-likeness (QED) is 0.729. The van der Waals surface area contributed by atoms with E-state index in [2.05, 4.69) is 10.6 Å². The van der Waals surface area contributed by atoms with Gasteiger partial charge in [0.2, 0.25) is 0 Å². The third-order valence-corrected chi connectivity index (χ3v) is 3.68. The van der Waals surface area contributed by atoms with Gasteiger partial charge in [-0.1, -0.05) is 52.8 Å². The lowest BCUT2D eigenvalue weighted by Crippen LogP contribution is -2.37. The van der Waals surface area contributed by atoms with Crippen LogP contribution < -0.4 is 10.6 Å². The Morgan fingerprint density at radius 3 is 2.30 bits per heavy atom. The molecule has 0 heterocycles. The maximum absolute atomic E-state index is 12.0. The first-order valence-corrected chi connectivity index (χ1v) is 7.99. The van der Waals surface area contributed by atoms with Crippen LogP contribution in [0.4, 0.5) is 5.69 Å². The van der Waals surface area contributed by atoms with Crippen LogP contribution in [0, 0.1) is 5.92 Å². The number of benzene rings is 1. The normalized spacial score (nSPS) is 12.8. The van der Waals surface area contributed by atoms with Gasteiger partial charge in [-0.05, 0) is 29.4 Å². The summed E-state index contributed by atoms with van der Waals surface area (Å²) in [7, 11) is 0. The van der Waals surface area contributed by atoms with Crippen LogP contribution in [0.2, 0.25) is 0 Å². The lowest BCUT2D eigenvalue weighted by atomic mass is 9.86. The Kier molecular flexibility index (Phi) is 6.76. The molecule has 0 spiro atoms. The molecule has 0 saturated carbocycles. The Labute approximate surface area is 138 Å². The van der Waals surface area contributed by atoms with E-state index in [4.69, 9.17) is 0 Å². The zero-order valence-corrected chi connectivity index (χ0v) is 14.6. The Morgan fingerprint density at radius 1 is 1.13 bits per heavy atom. The Hall–Kier alpha value is -1.88. The van der Waals surface area contributed by atoms with Crippen molar-refractivity contribution in [3.05, 3.63) is 29.8 Å². The number of para-hydroxylation sites is 1. The average molecular weight is 320 g/mol. The molecule has 1 rings (SSSR count). The van der Waals surface area contributed by atoms with E-state index in [0.717, 1.165) is 5.56 Å². The van der Waals surface area contributed by atoms with Gasteiger partial charge in [0, 0.05) is 12.2 Å². The molecule has 0 aliphatic carbocycles. The van der Waals surface area contributed by atoms with Gasteiger partial charge in [-0.2, -0.15) is 0 Å². The highest BCUT2D eigenvalue weighted by atomic mass is 16.3. The predicted octanol–water partition coefficient (Wildman–Crippen LogP) is 2.45. The molecule has 0 aliphatic rings. The first kappa shape index (κ1) is 19.2. The number of hydrogen-bond donors (Lipinski definition) is 3. The molecule has 2 amide bonds. The van der Waals surface area contributed by atoms with Crippen molar-refractivity contribution in [2.45, 2.75) is 52.6 Å². The maximum atomic E-state index is 12.0. The molecule has 5 nitrogen and oxygen atoms in total. The number of carbonyl (C=O) groups is 2. The summed E-state index contributed by atoms with van der Waals surface area (Å²) in [5.41, 5.74) is 1.47. The van der Waals surface area contributed by atoms with Crippen LogP contribution in [-0.4, -0.2) is 29.6 Å². The maximum Gasteiger partial charge on any atom is 0.313 e. The van der Waals surface area contributed by atoms with Crippen LogP contribution in [-0.2, 0) is 15.0 Å². The van der Waals surface area contributed by atoms with Gasteiger partial charge >= 0.3 is 11.8 Å². The molecule has 0 aliphatic heterocycles. The lowest BCUT2D eigenvalue weighted by Gasteiger charge is -2.22. The SMILES string of the molecule is CC(C)C(O)CCNC(=O)C(=O)Nc1ccccc1C(C)(C)C. The van der Waals surface area contributed by atoms with Crippen molar-refractivity contribution >= 4 is 17.5 Å². The number of aliphatic hydroxyl groups is 1. The molecule has 1 aromatic carbocycles. The van der Waals surface area contributed by atoms with Crippen LogP contribution in [0.25, 0.3) is 0 Å². The fourth-order valence-corrected chi connectivity index (χ4v) is 2.17. The summed E-state index contributed by atoms with van der Waals surface area (Å²) in [6.07, 6.45) is -0.0603. The van der Waals surface area contributed by atoms with Gasteiger partial charge in [-0.15, -0.1) is 0 Å². The number of aliphatic hydroxyl groups excluding tert-OH is 1. The van der Waals surface area contributed by atoms with Gasteiger partial charge in [0.25, 0.3) is 0 Å². The molecule has 23 heavy (non-hydrogen) atoms. The standard InChI is InChI=1S/C18H28N2O3/c1-12(2)15(21)10-11-19-16(22)17(23)20-14-9-7-6-8-13(14)18(3,4)5/h6-9,12,15,21H,10-11H2,1-5H3,(H,19,22)(H,20,23). The molecule has 0 fully saturated rings. The van der Waals surface area contributed by atoms with Gasteiger partial charge in [0.15, 0.2) is 0 Å². The summed E-state index contributed by atoms with van der Waals surface area (Å²) < 4.78 is 0.